The number of carbonyl (C=O) groups excluding carboxylic acids is 1. The highest BCUT2D eigenvalue weighted by atomic mass is 32.2. The lowest BCUT2D eigenvalue weighted by molar-refractivity contribution is -0.113. The molecular formula is C24H24N4O2S2. The number of rotatable bonds is 7. The standard InChI is InChI=1S/C24H24N4O2S2/c1-3-15(2)17-11-7-8-12-19(17)26-20(29)14-32-24-27-22-21(23(30)28(24)25)18(13-31-22)16-9-5-4-6-10-16/h4-13,15H,3,14,25H2,1-2H3,(H,26,29)/t15-/m0/s1. The molecule has 0 fully saturated rings. The second-order valence-corrected chi connectivity index (χ2v) is 9.30. The third kappa shape index (κ3) is 4.42. The van der Waals surface area contributed by atoms with Gasteiger partial charge in [-0.25, -0.2) is 9.66 Å². The highest BCUT2D eigenvalue weighted by Crippen LogP contribution is 2.32. The first-order chi connectivity index (χ1) is 15.5. The lowest BCUT2D eigenvalue weighted by Gasteiger charge is -2.15. The van der Waals surface area contributed by atoms with Crippen LogP contribution in [0.25, 0.3) is 21.3 Å². The highest BCUT2D eigenvalue weighted by Gasteiger charge is 2.17. The maximum absolute atomic E-state index is 13.0. The van der Waals surface area contributed by atoms with Crippen LogP contribution in [-0.4, -0.2) is 21.3 Å². The van der Waals surface area contributed by atoms with E-state index in [4.69, 9.17) is 5.84 Å². The molecule has 6 nitrogen and oxygen atoms in total. The molecule has 0 unspecified atom stereocenters. The Morgan fingerprint density at radius 1 is 1.19 bits per heavy atom. The van der Waals surface area contributed by atoms with E-state index in [-0.39, 0.29) is 17.2 Å². The van der Waals surface area contributed by atoms with E-state index in [1.54, 1.807) is 0 Å². The van der Waals surface area contributed by atoms with Gasteiger partial charge < -0.3 is 11.2 Å². The van der Waals surface area contributed by atoms with Crippen molar-refractivity contribution in [2.45, 2.75) is 31.3 Å². The van der Waals surface area contributed by atoms with Crippen LogP contribution < -0.4 is 16.7 Å². The summed E-state index contributed by atoms with van der Waals surface area (Å²) in [5, 5.41) is 5.71. The minimum Gasteiger partial charge on any atom is -0.334 e. The molecule has 0 saturated heterocycles. The molecule has 2 aromatic carbocycles. The fraction of sp³-hybridized carbons (Fsp3) is 0.208. The Morgan fingerprint density at radius 2 is 1.91 bits per heavy atom. The Balaban J connectivity index is 1.54. The number of nitrogen functional groups attached to an aromatic ring is 1. The molecule has 4 rings (SSSR count). The first-order valence-corrected chi connectivity index (χ1v) is 12.2. The van der Waals surface area contributed by atoms with Crippen LogP contribution in [0.3, 0.4) is 0 Å². The van der Waals surface area contributed by atoms with E-state index in [0.717, 1.165) is 45.2 Å². The topological polar surface area (TPSA) is 90.0 Å². The molecule has 0 aliphatic carbocycles. The van der Waals surface area contributed by atoms with Gasteiger partial charge in [0.05, 0.1) is 11.1 Å². The number of para-hydroxylation sites is 1. The third-order valence-electron chi connectivity index (χ3n) is 5.40. The lowest BCUT2D eigenvalue weighted by atomic mass is 9.97. The summed E-state index contributed by atoms with van der Waals surface area (Å²) < 4.78 is 1.03. The summed E-state index contributed by atoms with van der Waals surface area (Å²) in [7, 11) is 0. The smallest absolute Gasteiger partial charge is 0.282 e. The number of thiophene rings is 1. The average Bonchev–Trinajstić information content (AvgIpc) is 3.25. The van der Waals surface area contributed by atoms with Crippen LogP contribution >= 0.6 is 23.1 Å². The summed E-state index contributed by atoms with van der Waals surface area (Å²) in [4.78, 5) is 30.8. The van der Waals surface area contributed by atoms with Crippen LogP contribution in [0.15, 0.2) is 69.9 Å². The van der Waals surface area contributed by atoms with E-state index in [1.165, 1.54) is 11.3 Å². The Morgan fingerprint density at radius 3 is 2.66 bits per heavy atom. The number of aromatic nitrogens is 2. The largest absolute Gasteiger partial charge is 0.334 e. The van der Waals surface area contributed by atoms with E-state index < -0.39 is 0 Å². The van der Waals surface area contributed by atoms with Crippen molar-refractivity contribution >= 4 is 44.9 Å². The number of anilines is 1. The number of benzene rings is 2. The summed E-state index contributed by atoms with van der Waals surface area (Å²) in [5.41, 5.74) is 3.36. The van der Waals surface area contributed by atoms with Crippen LogP contribution in [0.5, 0.6) is 0 Å². The molecule has 0 radical (unpaired) electrons. The predicted octanol–water partition coefficient (Wildman–Crippen LogP) is 5.08. The number of nitrogens with two attached hydrogens (primary N) is 1. The van der Waals surface area contributed by atoms with Crippen molar-refractivity contribution in [3.8, 4) is 11.1 Å². The number of amides is 1. The van der Waals surface area contributed by atoms with Gasteiger partial charge in [0, 0.05) is 16.6 Å². The van der Waals surface area contributed by atoms with Gasteiger partial charge in [0.2, 0.25) is 5.91 Å². The second kappa shape index (κ2) is 9.58. The normalized spacial score (nSPS) is 12.1. The molecule has 3 N–H and O–H groups in total. The quantitative estimate of drug-likeness (QED) is 0.226. The maximum Gasteiger partial charge on any atom is 0.282 e. The molecule has 2 heterocycles. The fourth-order valence-corrected chi connectivity index (χ4v) is 5.20. The van der Waals surface area contributed by atoms with Crippen LogP contribution in [0.1, 0.15) is 31.7 Å². The summed E-state index contributed by atoms with van der Waals surface area (Å²) in [6, 6.07) is 17.5. The number of fused-ring (bicyclic) bond motifs is 1. The van der Waals surface area contributed by atoms with Gasteiger partial charge in [-0.05, 0) is 29.5 Å². The van der Waals surface area contributed by atoms with Crippen LogP contribution in [0, 0.1) is 0 Å². The van der Waals surface area contributed by atoms with Gasteiger partial charge in [-0.3, -0.25) is 9.59 Å². The number of carbonyl (C=O) groups is 1. The van der Waals surface area contributed by atoms with E-state index in [2.05, 4.69) is 24.1 Å². The van der Waals surface area contributed by atoms with Gasteiger partial charge in [0.15, 0.2) is 5.16 Å². The molecule has 32 heavy (non-hydrogen) atoms. The zero-order valence-corrected chi connectivity index (χ0v) is 19.5. The van der Waals surface area contributed by atoms with Crippen LogP contribution in [0.2, 0.25) is 0 Å². The van der Waals surface area contributed by atoms with Crippen LogP contribution in [-0.2, 0) is 4.79 Å². The molecule has 0 aliphatic rings. The van der Waals surface area contributed by atoms with Gasteiger partial charge in [-0.1, -0.05) is 74.1 Å². The summed E-state index contributed by atoms with van der Waals surface area (Å²) in [6.45, 7) is 4.26. The average molecular weight is 465 g/mol. The Hall–Kier alpha value is -3.10. The number of hydrogen-bond acceptors (Lipinski definition) is 6. The van der Waals surface area contributed by atoms with Crippen molar-refractivity contribution < 1.29 is 4.79 Å². The monoisotopic (exact) mass is 464 g/mol. The Labute approximate surface area is 194 Å². The van der Waals surface area contributed by atoms with Gasteiger partial charge in [0.25, 0.3) is 5.56 Å². The van der Waals surface area contributed by atoms with Crippen molar-refractivity contribution in [3.05, 3.63) is 75.9 Å². The minimum atomic E-state index is -0.319. The summed E-state index contributed by atoms with van der Waals surface area (Å²) >= 11 is 2.55. The molecule has 0 bridgehead atoms. The summed E-state index contributed by atoms with van der Waals surface area (Å²) in [6.07, 6.45) is 0.983. The molecule has 164 valence electrons. The zero-order valence-electron chi connectivity index (χ0n) is 17.9. The van der Waals surface area contributed by atoms with Crippen molar-refractivity contribution in [3.63, 3.8) is 0 Å². The van der Waals surface area contributed by atoms with E-state index in [1.807, 2.05) is 60.0 Å². The second-order valence-electron chi connectivity index (χ2n) is 7.50. The molecule has 2 aromatic heterocycles. The molecule has 0 spiro atoms. The lowest BCUT2D eigenvalue weighted by Crippen LogP contribution is -2.30. The molecular weight excluding hydrogens is 440 g/mol. The molecule has 1 atom stereocenters. The highest BCUT2D eigenvalue weighted by molar-refractivity contribution is 7.99. The number of hydrogen-bond donors (Lipinski definition) is 2. The van der Waals surface area contributed by atoms with Crippen molar-refractivity contribution in [2.24, 2.45) is 0 Å². The van der Waals surface area contributed by atoms with E-state index in [0.29, 0.717) is 21.3 Å². The molecule has 8 heteroatoms. The number of nitrogens with one attached hydrogen (secondary N) is 1. The summed E-state index contributed by atoms with van der Waals surface area (Å²) in [5.74, 6) is 6.34. The van der Waals surface area contributed by atoms with E-state index >= 15 is 0 Å². The Kier molecular flexibility index (Phi) is 6.62. The van der Waals surface area contributed by atoms with Crippen molar-refractivity contribution in [2.75, 3.05) is 16.9 Å². The third-order valence-corrected chi connectivity index (χ3v) is 7.23. The number of nitrogens with zero attached hydrogens (tertiary/aromatic N) is 2. The molecule has 0 saturated carbocycles. The predicted molar refractivity (Wildman–Crippen MR) is 134 cm³/mol. The van der Waals surface area contributed by atoms with Crippen molar-refractivity contribution in [1.82, 2.24) is 9.66 Å². The molecule has 4 aromatic rings. The fourth-order valence-electron chi connectivity index (χ4n) is 3.49. The first kappa shape index (κ1) is 22.1. The zero-order chi connectivity index (χ0) is 22.7. The van der Waals surface area contributed by atoms with Gasteiger partial charge in [-0.15, -0.1) is 11.3 Å². The van der Waals surface area contributed by atoms with Gasteiger partial charge in [-0.2, -0.15) is 0 Å². The Bertz CT molecular complexity index is 1310. The SMILES string of the molecule is CC[C@H](C)c1ccccc1NC(=O)CSc1nc2scc(-c3ccccc3)c2c(=O)n1N. The molecule has 1 amide bonds. The van der Waals surface area contributed by atoms with Crippen molar-refractivity contribution in [1.29, 1.82) is 0 Å². The van der Waals surface area contributed by atoms with Gasteiger partial charge in [0.1, 0.15) is 4.83 Å². The minimum absolute atomic E-state index is 0.0981. The van der Waals surface area contributed by atoms with Gasteiger partial charge >= 0.3 is 0 Å². The first-order valence-electron chi connectivity index (χ1n) is 10.4. The number of thioether (sulfide) groups is 1. The molecule has 0 aliphatic heterocycles. The van der Waals surface area contributed by atoms with E-state index in [9.17, 15) is 9.59 Å². The van der Waals surface area contributed by atoms with Crippen LogP contribution in [0.4, 0.5) is 5.69 Å². The maximum atomic E-state index is 13.0.